The Kier molecular flexibility index (Phi) is 4.72. The predicted octanol–water partition coefficient (Wildman–Crippen LogP) is 4.79. The molecule has 0 amide bonds. The maximum absolute atomic E-state index is 13.1. The number of nitrogens with zero attached hydrogens (tertiary/aromatic N) is 3. The number of para-hydroxylation sites is 2. The molecule has 152 valence electrons. The first-order valence-electron chi connectivity index (χ1n) is 9.48. The van der Waals surface area contributed by atoms with Crippen LogP contribution in [0.4, 0.5) is 13.2 Å². The summed E-state index contributed by atoms with van der Waals surface area (Å²) >= 11 is 0. The number of H-pyrrole nitrogens is 1. The van der Waals surface area contributed by atoms with Gasteiger partial charge in [0.05, 0.1) is 34.2 Å². The summed E-state index contributed by atoms with van der Waals surface area (Å²) in [7, 11) is 0. The van der Waals surface area contributed by atoms with Crippen LogP contribution < -0.4 is 5.69 Å². The molecule has 0 spiro atoms. The van der Waals surface area contributed by atoms with Crippen molar-refractivity contribution >= 4 is 22.1 Å². The van der Waals surface area contributed by atoms with Crippen LogP contribution in [0.15, 0.2) is 47.3 Å². The number of fused-ring (bicyclic) bond motifs is 2. The molecule has 0 saturated carbocycles. The van der Waals surface area contributed by atoms with E-state index in [9.17, 15) is 18.0 Å². The van der Waals surface area contributed by atoms with Crippen molar-refractivity contribution in [3.05, 3.63) is 64.3 Å². The van der Waals surface area contributed by atoms with Gasteiger partial charge in [-0.25, -0.2) is 9.78 Å². The Balaban J connectivity index is 1.82. The van der Waals surface area contributed by atoms with E-state index in [1.165, 1.54) is 10.6 Å². The van der Waals surface area contributed by atoms with Gasteiger partial charge in [0.2, 0.25) is 0 Å². The number of hydrogen-bond acceptors (Lipinski definition) is 2. The van der Waals surface area contributed by atoms with Crippen molar-refractivity contribution in [2.45, 2.75) is 39.5 Å². The number of rotatable bonds is 5. The molecule has 0 radical (unpaired) electrons. The quantitative estimate of drug-likeness (QED) is 0.522. The fourth-order valence-corrected chi connectivity index (χ4v) is 3.51. The first-order valence-corrected chi connectivity index (χ1v) is 9.48. The molecular weight excluding hydrogens is 381 g/mol. The molecule has 0 aliphatic rings. The van der Waals surface area contributed by atoms with Crippen molar-refractivity contribution in [3.63, 3.8) is 0 Å². The van der Waals surface area contributed by atoms with Gasteiger partial charge in [-0.2, -0.15) is 13.2 Å². The highest BCUT2D eigenvalue weighted by Crippen LogP contribution is 2.31. The van der Waals surface area contributed by atoms with Gasteiger partial charge < -0.3 is 9.55 Å². The number of alkyl halides is 3. The standard InChI is InChI=1S/C21H21F3N4O/c1-13(2)9-10-27-17-6-4-3-5-15(17)25-19(27)12-28-18-11-14(21(22,23)24)7-8-16(18)26-20(28)29/h3-8,11,13H,9-10,12H2,1-2H3,(H,26,29). The van der Waals surface area contributed by atoms with E-state index in [1.54, 1.807) is 0 Å². The number of hydrogen-bond donors (Lipinski definition) is 1. The van der Waals surface area contributed by atoms with E-state index in [-0.39, 0.29) is 12.1 Å². The average Bonchev–Trinajstić information content (AvgIpc) is 3.16. The summed E-state index contributed by atoms with van der Waals surface area (Å²) in [5, 5.41) is 0. The minimum absolute atomic E-state index is 0.0902. The lowest BCUT2D eigenvalue weighted by Gasteiger charge is -2.12. The minimum atomic E-state index is -4.48. The maximum atomic E-state index is 13.1. The SMILES string of the molecule is CC(C)CCn1c(Cn2c(=O)[nH]c3ccc(C(F)(F)F)cc32)nc2ccccc21. The van der Waals surface area contributed by atoms with Gasteiger partial charge in [-0.05, 0) is 42.7 Å². The van der Waals surface area contributed by atoms with Crippen molar-refractivity contribution in [1.82, 2.24) is 19.1 Å². The monoisotopic (exact) mass is 402 g/mol. The van der Waals surface area contributed by atoms with E-state index in [0.717, 1.165) is 36.1 Å². The van der Waals surface area contributed by atoms with Crippen LogP contribution in [-0.2, 0) is 19.3 Å². The number of imidazole rings is 2. The topological polar surface area (TPSA) is 55.6 Å². The van der Waals surface area contributed by atoms with Crippen LogP contribution in [0.3, 0.4) is 0 Å². The number of aromatic nitrogens is 4. The Morgan fingerprint density at radius 1 is 1.07 bits per heavy atom. The van der Waals surface area contributed by atoms with Gasteiger partial charge >= 0.3 is 11.9 Å². The molecule has 5 nitrogen and oxygen atoms in total. The van der Waals surface area contributed by atoms with E-state index in [0.29, 0.717) is 17.3 Å². The van der Waals surface area contributed by atoms with Gasteiger partial charge in [-0.1, -0.05) is 26.0 Å². The van der Waals surface area contributed by atoms with Crippen molar-refractivity contribution in [1.29, 1.82) is 0 Å². The molecule has 8 heteroatoms. The molecule has 29 heavy (non-hydrogen) atoms. The zero-order valence-corrected chi connectivity index (χ0v) is 16.1. The Bertz CT molecular complexity index is 1230. The van der Waals surface area contributed by atoms with E-state index in [4.69, 9.17) is 0 Å². The third-order valence-electron chi connectivity index (χ3n) is 5.07. The summed E-state index contributed by atoms with van der Waals surface area (Å²) in [4.78, 5) is 19.8. The van der Waals surface area contributed by atoms with E-state index >= 15 is 0 Å². The molecule has 0 aliphatic heterocycles. The second-order valence-corrected chi connectivity index (χ2v) is 7.60. The fraction of sp³-hybridized carbons (Fsp3) is 0.333. The normalized spacial score (nSPS) is 12.5. The highest BCUT2D eigenvalue weighted by atomic mass is 19.4. The molecule has 0 saturated heterocycles. The molecule has 0 aliphatic carbocycles. The van der Waals surface area contributed by atoms with Crippen LogP contribution in [0.1, 0.15) is 31.7 Å². The van der Waals surface area contributed by atoms with Gasteiger partial charge in [0.15, 0.2) is 0 Å². The highest BCUT2D eigenvalue weighted by Gasteiger charge is 2.31. The average molecular weight is 402 g/mol. The first kappa shape index (κ1) is 19.3. The van der Waals surface area contributed by atoms with Crippen LogP contribution in [0.5, 0.6) is 0 Å². The van der Waals surface area contributed by atoms with E-state index < -0.39 is 17.4 Å². The summed E-state index contributed by atoms with van der Waals surface area (Å²) in [6, 6.07) is 10.9. The summed E-state index contributed by atoms with van der Waals surface area (Å²) in [5.74, 6) is 1.13. The smallest absolute Gasteiger partial charge is 0.326 e. The lowest BCUT2D eigenvalue weighted by atomic mass is 10.1. The minimum Gasteiger partial charge on any atom is -0.326 e. The fourth-order valence-electron chi connectivity index (χ4n) is 3.51. The molecular formula is C21H21F3N4O. The van der Waals surface area contributed by atoms with Crippen molar-refractivity contribution < 1.29 is 13.2 Å². The van der Waals surface area contributed by atoms with Crippen molar-refractivity contribution in [2.24, 2.45) is 5.92 Å². The molecule has 4 aromatic rings. The third kappa shape index (κ3) is 3.66. The lowest BCUT2D eigenvalue weighted by Crippen LogP contribution is -2.20. The van der Waals surface area contributed by atoms with Crippen molar-refractivity contribution in [3.8, 4) is 0 Å². The Morgan fingerprint density at radius 3 is 2.55 bits per heavy atom. The third-order valence-corrected chi connectivity index (χ3v) is 5.07. The number of aromatic amines is 1. The molecule has 2 heterocycles. The molecule has 2 aromatic heterocycles. The lowest BCUT2D eigenvalue weighted by molar-refractivity contribution is -0.137. The van der Waals surface area contributed by atoms with Crippen LogP contribution in [0, 0.1) is 5.92 Å². The summed E-state index contributed by atoms with van der Waals surface area (Å²) in [6.45, 7) is 5.06. The molecule has 0 atom stereocenters. The van der Waals surface area contributed by atoms with Crippen LogP contribution in [-0.4, -0.2) is 19.1 Å². The second kappa shape index (κ2) is 7.09. The Morgan fingerprint density at radius 2 is 1.83 bits per heavy atom. The zero-order valence-electron chi connectivity index (χ0n) is 16.1. The molecule has 0 bridgehead atoms. The number of nitrogens with one attached hydrogen (secondary N) is 1. The van der Waals surface area contributed by atoms with Crippen LogP contribution in [0.2, 0.25) is 0 Å². The van der Waals surface area contributed by atoms with E-state index in [2.05, 4.69) is 23.8 Å². The van der Waals surface area contributed by atoms with Gasteiger partial charge in [-0.3, -0.25) is 4.57 Å². The summed E-state index contributed by atoms with van der Waals surface area (Å²) in [5.41, 5.74) is 1.09. The van der Waals surface area contributed by atoms with Crippen LogP contribution in [0.25, 0.3) is 22.1 Å². The molecule has 1 N–H and O–H groups in total. The molecule has 2 aromatic carbocycles. The first-order chi connectivity index (χ1) is 13.7. The second-order valence-electron chi connectivity index (χ2n) is 7.60. The number of benzene rings is 2. The largest absolute Gasteiger partial charge is 0.416 e. The summed E-state index contributed by atoms with van der Waals surface area (Å²) < 4.78 is 42.8. The summed E-state index contributed by atoms with van der Waals surface area (Å²) in [6.07, 6.45) is -3.55. The van der Waals surface area contributed by atoms with Gasteiger partial charge in [0.25, 0.3) is 0 Å². The van der Waals surface area contributed by atoms with Crippen molar-refractivity contribution in [2.75, 3.05) is 0 Å². The van der Waals surface area contributed by atoms with E-state index in [1.807, 2.05) is 28.8 Å². The van der Waals surface area contributed by atoms with Gasteiger partial charge in [0, 0.05) is 6.54 Å². The molecule has 0 unspecified atom stereocenters. The highest BCUT2D eigenvalue weighted by molar-refractivity contribution is 5.77. The molecule has 0 fully saturated rings. The molecule has 4 rings (SSSR count). The number of halogens is 3. The van der Waals surface area contributed by atoms with Gasteiger partial charge in [0.1, 0.15) is 5.82 Å². The van der Waals surface area contributed by atoms with Gasteiger partial charge in [-0.15, -0.1) is 0 Å². The number of aryl methyl sites for hydroxylation is 1. The Labute approximate surface area is 164 Å². The predicted molar refractivity (Wildman–Crippen MR) is 106 cm³/mol. The maximum Gasteiger partial charge on any atom is 0.416 e. The Hall–Kier alpha value is -3.03. The zero-order chi connectivity index (χ0) is 20.8. The van der Waals surface area contributed by atoms with Crippen LogP contribution >= 0.6 is 0 Å².